The van der Waals surface area contributed by atoms with Crippen LogP contribution in [0.1, 0.15) is 24.0 Å². The van der Waals surface area contributed by atoms with Crippen LogP contribution in [0.15, 0.2) is 28.9 Å². The van der Waals surface area contributed by atoms with Gasteiger partial charge in [0.15, 0.2) is 0 Å². The lowest BCUT2D eigenvalue weighted by molar-refractivity contribution is -0.138. The second-order valence-corrected chi connectivity index (χ2v) is 3.75. The number of carboxylic acids is 1. The number of rotatable bonds is 2. The van der Waals surface area contributed by atoms with Crippen LogP contribution in [0.5, 0.6) is 0 Å². The number of aryl methyl sites for hydroxylation is 1. The molecule has 0 aliphatic carbocycles. The number of aliphatic carboxylic acids is 1. The number of hydrogen-bond acceptors (Lipinski definition) is 2. The summed E-state index contributed by atoms with van der Waals surface area (Å²) in [5, 5.41) is 9.81. The van der Waals surface area contributed by atoms with Gasteiger partial charge in [-0.2, -0.15) is 0 Å². The predicted octanol–water partition coefficient (Wildman–Crippen LogP) is 2.93. The Morgan fingerprint density at radius 2 is 2.20 bits per heavy atom. The Balaban J connectivity index is 2.59. The van der Waals surface area contributed by atoms with Gasteiger partial charge in [0.05, 0.1) is 12.2 Å². The van der Waals surface area contributed by atoms with Crippen molar-refractivity contribution in [1.82, 2.24) is 0 Å². The highest BCUT2D eigenvalue weighted by molar-refractivity contribution is 5.88. The Morgan fingerprint density at radius 3 is 2.87 bits per heavy atom. The summed E-state index contributed by atoms with van der Waals surface area (Å²) >= 11 is 0. The minimum atomic E-state index is -0.835. The van der Waals surface area contributed by atoms with Crippen LogP contribution in [-0.4, -0.2) is 11.1 Å². The van der Waals surface area contributed by atoms with Crippen LogP contribution >= 0.6 is 0 Å². The van der Waals surface area contributed by atoms with Gasteiger partial charge in [-0.15, -0.1) is 0 Å². The van der Waals surface area contributed by atoms with Crippen molar-refractivity contribution in [1.29, 1.82) is 0 Å². The Hall–Kier alpha value is -1.77. The van der Waals surface area contributed by atoms with Crippen molar-refractivity contribution < 1.29 is 14.3 Å². The number of benzene rings is 1. The molecule has 15 heavy (non-hydrogen) atoms. The smallest absolute Gasteiger partial charge is 0.310 e. The molecule has 2 aromatic rings. The van der Waals surface area contributed by atoms with Crippen molar-refractivity contribution in [2.24, 2.45) is 0 Å². The lowest BCUT2D eigenvalue weighted by Gasteiger charge is -2.02. The van der Waals surface area contributed by atoms with Gasteiger partial charge in [0.25, 0.3) is 0 Å². The maximum atomic E-state index is 10.9. The van der Waals surface area contributed by atoms with Crippen LogP contribution < -0.4 is 0 Å². The standard InChI is InChI=1S/C12H12O3/c1-7-3-4-9-10(8(2)12(13)14)6-15-11(9)5-7/h3-6,8H,1-2H3,(H,13,14). The summed E-state index contributed by atoms with van der Waals surface area (Å²) in [5.74, 6) is -1.37. The third-order valence-electron chi connectivity index (χ3n) is 2.60. The summed E-state index contributed by atoms with van der Waals surface area (Å²) in [6.45, 7) is 3.63. The van der Waals surface area contributed by atoms with Crippen LogP contribution in [0.3, 0.4) is 0 Å². The average Bonchev–Trinajstić information content (AvgIpc) is 2.59. The Kier molecular flexibility index (Phi) is 2.23. The largest absolute Gasteiger partial charge is 0.481 e. The first kappa shape index (κ1) is 9.77. The fraction of sp³-hybridized carbons (Fsp3) is 0.250. The maximum Gasteiger partial charge on any atom is 0.310 e. The third-order valence-corrected chi connectivity index (χ3v) is 2.60. The molecule has 0 aliphatic rings. The highest BCUT2D eigenvalue weighted by Gasteiger charge is 2.18. The molecule has 0 radical (unpaired) electrons. The van der Waals surface area contributed by atoms with Gasteiger partial charge in [0, 0.05) is 10.9 Å². The summed E-state index contributed by atoms with van der Waals surface area (Å²) in [5.41, 5.74) is 2.59. The zero-order valence-corrected chi connectivity index (χ0v) is 8.65. The lowest BCUT2D eigenvalue weighted by atomic mass is 10.0. The van der Waals surface area contributed by atoms with E-state index in [1.807, 2.05) is 25.1 Å². The highest BCUT2D eigenvalue weighted by atomic mass is 16.4. The molecule has 0 amide bonds. The van der Waals surface area contributed by atoms with Crippen molar-refractivity contribution in [3.05, 3.63) is 35.6 Å². The van der Waals surface area contributed by atoms with Gasteiger partial charge in [0.1, 0.15) is 5.58 Å². The first-order valence-electron chi connectivity index (χ1n) is 4.80. The third kappa shape index (κ3) is 1.61. The van der Waals surface area contributed by atoms with Gasteiger partial charge in [-0.25, -0.2) is 0 Å². The molecule has 1 aromatic heterocycles. The first-order chi connectivity index (χ1) is 7.09. The average molecular weight is 204 g/mol. The van der Waals surface area contributed by atoms with Crippen LogP contribution in [0.2, 0.25) is 0 Å². The molecule has 0 aliphatic heterocycles. The number of carbonyl (C=O) groups is 1. The molecule has 0 saturated carbocycles. The molecule has 1 atom stereocenters. The van der Waals surface area contributed by atoms with Gasteiger partial charge in [0.2, 0.25) is 0 Å². The lowest BCUT2D eigenvalue weighted by Crippen LogP contribution is -2.06. The summed E-state index contributed by atoms with van der Waals surface area (Å²) < 4.78 is 5.34. The second kappa shape index (κ2) is 3.42. The van der Waals surface area contributed by atoms with E-state index in [0.29, 0.717) is 0 Å². The number of furan rings is 1. The molecule has 78 valence electrons. The summed E-state index contributed by atoms with van der Waals surface area (Å²) in [7, 11) is 0. The number of hydrogen-bond donors (Lipinski definition) is 1. The van der Waals surface area contributed by atoms with Crippen molar-refractivity contribution in [3.63, 3.8) is 0 Å². The van der Waals surface area contributed by atoms with Crippen molar-refractivity contribution in [2.75, 3.05) is 0 Å². The molecule has 2 rings (SSSR count). The fourth-order valence-corrected chi connectivity index (χ4v) is 1.62. The molecule has 3 nitrogen and oxygen atoms in total. The second-order valence-electron chi connectivity index (χ2n) is 3.75. The topological polar surface area (TPSA) is 50.4 Å². The molecule has 1 N–H and O–H groups in total. The summed E-state index contributed by atoms with van der Waals surface area (Å²) in [6.07, 6.45) is 1.53. The fourth-order valence-electron chi connectivity index (χ4n) is 1.62. The van der Waals surface area contributed by atoms with E-state index in [0.717, 1.165) is 22.1 Å². The SMILES string of the molecule is Cc1ccc2c(C(C)C(=O)O)coc2c1. The number of carboxylic acid groups (broad SMARTS) is 1. The van der Waals surface area contributed by atoms with Crippen molar-refractivity contribution in [3.8, 4) is 0 Å². The van der Waals surface area contributed by atoms with Crippen LogP contribution in [-0.2, 0) is 4.79 Å². The predicted molar refractivity (Wildman–Crippen MR) is 57.0 cm³/mol. The zero-order chi connectivity index (χ0) is 11.0. The van der Waals surface area contributed by atoms with Gasteiger partial charge in [-0.3, -0.25) is 4.79 Å². The van der Waals surface area contributed by atoms with Crippen molar-refractivity contribution >= 4 is 16.9 Å². The molecule has 0 bridgehead atoms. The molecule has 1 heterocycles. The Labute approximate surface area is 87.3 Å². The van der Waals surface area contributed by atoms with Crippen LogP contribution in [0.4, 0.5) is 0 Å². The normalized spacial score (nSPS) is 12.9. The Bertz CT molecular complexity index is 511. The monoisotopic (exact) mass is 204 g/mol. The molecule has 0 fully saturated rings. The molecule has 1 unspecified atom stereocenters. The first-order valence-corrected chi connectivity index (χ1v) is 4.80. The molecule has 3 heteroatoms. The molecule has 0 saturated heterocycles. The minimum absolute atomic E-state index is 0.533. The van der Waals surface area contributed by atoms with E-state index < -0.39 is 11.9 Å². The summed E-state index contributed by atoms with van der Waals surface area (Å²) in [6, 6.07) is 5.77. The van der Waals surface area contributed by atoms with Crippen LogP contribution in [0, 0.1) is 6.92 Å². The number of fused-ring (bicyclic) bond motifs is 1. The van der Waals surface area contributed by atoms with E-state index in [-0.39, 0.29) is 0 Å². The quantitative estimate of drug-likeness (QED) is 0.818. The van der Waals surface area contributed by atoms with Gasteiger partial charge in [-0.1, -0.05) is 12.1 Å². The van der Waals surface area contributed by atoms with E-state index in [1.54, 1.807) is 6.92 Å². The van der Waals surface area contributed by atoms with E-state index >= 15 is 0 Å². The minimum Gasteiger partial charge on any atom is -0.481 e. The molecule has 1 aromatic carbocycles. The van der Waals surface area contributed by atoms with Gasteiger partial charge in [-0.05, 0) is 25.5 Å². The molecular formula is C12H12O3. The van der Waals surface area contributed by atoms with E-state index in [1.165, 1.54) is 6.26 Å². The van der Waals surface area contributed by atoms with E-state index in [2.05, 4.69) is 0 Å². The van der Waals surface area contributed by atoms with Crippen molar-refractivity contribution in [2.45, 2.75) is 19.8 Å². The van der Waals surface area contributed by atoms with E-state index in [9.17, 15) is 4.79 Å². The maximum absolute atomic E-state index is 10.9. The van der Waals surface area contributed by atoms with E-state index in [4.69, 9.17) is 9.52 Å². The highest BCUT2D eigenvalue weighted by Crippen LogP contribution is 2.28. The van der Waals surface area contributed by atoms with Gasteiger partial charge < -0.3 is 9.52 Å². The van der Waals surface area contributed by atoms with Crippen LogP contribution in [0.25, 0.3) is 11.0 Å². The zero-order valence-electron chi connectivity index (χ0n) is 8.65. The molecule has 0 spiro atoms. The Morgan fingerprint density at radius 1 is 1.47 bits per heavy atom. The van der Waals surface area contributed by atoms with Gasteiger partial charge >= 0.3 is 5.97 Å². The molecular weight excluding hydrogens is 192 g/mol. The summed E-state index contributed by atoms with van der Waals surface area (Å²) in [4.78, 5) is 10.9.